The summed E-state index contributed by atoms with van der Waals surface area (Å²) in [4.78, 5) is 17.2. The molecule has 78 valence electrons. The van der Waals surface area contributed by atoms with Crippen molar-refractivity contribution >= 4 is 5.82 Å². The van der Waals surface area contributed by atoms with Gasteiger partial charge in [0.1, 0.15) is 5.82 Å². The summed E-state index contributed by atoms with van der Waals surface area (Å²) in [6, 6.07) is 0. The van der Waals surface area contributed by atoms with Crippen molar-refractivity contribution in [1.29, 1.82) is 0 Å². The van der Waals surface area contributed by atoms with E-state index in [4.69, 9.17) is 0 Å². The van der Waals surface area contributed by atoms with Crippen molar-refractivity contribution < 1.29 is 0 Å². The Morgan fingerprint density at radius 1 is 1.50 bits per heavy atom. The number of aromatic amines is 1. The molecule has 0 fully saturated rings. The van der Waals surface area contributed by atoms with Crippen LogP contribution in [0.5, 0.6) is 0 Å². The summed E-state index contributed by atoms with van der Waals surface area (Å²) in [5.74, 6) is 0.793. The maximum absolute atomic E-state index is 10.9. The minimum absolute atomic E-state index is 0.298. The molecule has 0 saturated carbocycles. The van der Waals surface area contributed by atoms with Crippen LogP contribution in [-0.4, -0.2) is 16.5 Å². The molecular weight excluding hydrogens is 178 g/mol. The molecule has 0 unspecified atom stereocenters. The van der Waals surface area contributed by atoms with Crippen LogP contribution in [0.15, 0.2) is 11.0 Å². The molecule has 4 heteroatoms. The van der Waals surface area contributed by atoms with E-state index in [1.807, 2.05) is 6.92 Å². The third-order valence-corrected chi connectivity index (χ3v) is 2.08. The molecule has 0 spiro atoms. The zero-order chi connectivity index (χ0) is 10.4. The average molecular weight is 195 g/mol. The lowest BCUT2D eigenvalue weighted by atomic mass is 10.2. The maximum atomic E-state index is 10.9. The largest absolute Gasteiger partial charge is 0.371 e. The van der Waals surface area contributed by atoms with Gasteiger partial charge in [-0.1, -0.05) is 19.8 Å². The first-order valence-corrected chi connectivity index (χ1v) is 5.04. The third-order valence-electron chi connectivity index (χ3n) is 2.08. The Balaban J connectivity index is 2.49. The smallest absolute Gasteiger partial charge is 0.346 e. The molecule has 0 aromatic carbocycles. The van der Waals surface area contributed by atoms with E-state index in [2.05, 4.69) is 22.2 Å². The van der Waals surface area contributed by atoms with Gasteiger partial charge in [0.05, 0.1) is 0 Å². The van der Waals surface area contributed by atoms with E-state index in [9.17, 15) is 4.79 Å². The van der Waals surface area contributed by atoms with Crippen molar-refractivity contribution in [1.82, 2.24) is 9.97 Å². The van der Waals surface area contributed by atoms with E-state index in [0.29, 0.717) is 0 Å². The highest BCUT2D eigenvalue weighted by atomic mass is 16.1. The molecule has 1 aromatic heterocycles. The number of unbranched alkanes of at least 4 members (excludes halogenated alkanes) is 2. The van der Waals surface area contributed by atoms with Crippen LogP contribution in [0.25, 0.3) is 0 Å². The lowest BCUT2D eigenvalue weighted by Gasteiger charge is -2.07. The Hall–Kier alpha value is -1.32. The summed E-state index contributed by atoms with van der Waals surface area (Å²) in [6.07, 6.45) is 5.12. The van der Waals surface area contributed by atoms with Crippen LogP contribution in [0.2, 0.25) is 0 Å². The highest BCUT2D eigenvalue weighted by Gasteiger charge is 1.97. The summed E-state index contributed by atoms with van der Waals surface area (Å²) in [5, 5.41) is 3.19. The molecule has 0 aliphatic carbocycles. The molecule has 4 nitrogen and oxygen atoms in total. The number of nitrogens with one attached hydrogen (secondary N) is 2. The van der Waals surface area contributed by atoms with Gasteiger partial charge >= 0.3 is 5.69 Å². The van der Waals surface area contributed by atoms with Gasteiger partial charge in [-0.25, -0.2) is 9.78 Å². The molecule has 1 heterocycles. The average Bonchev–Trinajstić information content (AvgIpc) is 2.18. The Morgan fingerprint density at radius 3 is 3.00 bits per heavy atom. The second-order valence-electron chi connectivity index (χ2n) is 3.38. The van der Waals surface area contributed by atoms with Crippen LogP contribution in [0.3, 0.4) is 0 Å². The first-order chi connectivity index (χ1) is 6.74. The molecule has 0 aliphatic rings. The van der Waals surface area contributed by atoms with Crippen LogP contribution in [0, 0.1) is 6.92 Å². The first kappa shape index (κ1) is 10.8. The van der Waals surface area contributed by atoms with Crippen LogP contribution in [0.4, 0.5) is 5.82 Å². The fraction of sp³-hybridized carbons (Fsp3) is 0.600. The molecule has 1 rings (SSSR count). The van der Waals surface area contributed by atoms with Crippen LogP contribution in [0.1, 0.15) is 31.7 Å². The second-order valence-corrected chi connectivity index (χ2v) is 3.38. The lowest BCUT2D eigenvalue weighted by Crippen LogP contribution is -2.15. The molecule has 14 heavy (non-hydrogen) atoms. The van der Waals surface area contributed by atoms with Gasteiger partial charge in [0.25, 0.3) is 0 Å². The van der Waals surface area contributed by atoms with Gasteiger partial charge in [-0.15, -0.1) is 0 Å². The number of aromatic nitrogens is 2. The number of hydrogen-bond acceptors (Lipinski definition) is 3. The molecule has 0 amide bonds. The van der Waals surface area contributed by atoms with Crippen molar-refractivity contribution in [3.63, 3.8) is 0 Å². The molecule has 0 saturated heterocycles. The van der Waals surface area contributed by atoms with Crippen LogP contribution in [-0.2, 0) is 0 Å². The van der Waals surface area contributed by atoms with E-state index < -0.39 is 0 Å². The third kappa shape index (κ3) is 3.20. The van der Waals surface area contributed by atoms with Crippen molar-refractivity contribution in [3.05, 3.63) is 22.2 Å². The zero-order valence-corrected chi connectivity index (χ0v) is 8.76. The summed E-state index contributed by atoms with van der Waals surface area (Å²) >= 11 is 0. The Kier molecular flexibility index (Phi) is 4.16. The Morgan fingerprint density at radius 2 is 2.29 bits per heavy atom. The van der Waals surface area contributed by atoms with Crippen molar-refractivity contribution in [2.45, 2.75) is 33.1 Å². The van der Waals surface area contributed by atoms with Gasteiger partial charge in [-0.2, -0.15) is 0 Å². The summed E-state index contributed by atoms with van der Waals surface area (Å²) in [7, 11) is 0. The molecule has 0 atom stereocenters. The molecule has 0 radical (unpaired) electrons. The second kappa shape index (κ2) is 5.42. The number of hydrogen-bond donors (Lipinski definition) is 2. The Labute approximate surface area is 83.8 Å². The van der Waals surface area contributed by atoms with Gasteiger partial charge in [0.2, 0.25) is 0 Å². The highest BCUT2D eigenvalue weighted by Crippen LogP contribution is 2.06. The van der Waals surface area contributed by atoms with Gasteiger partial charge in [0.15, 0.2) is 0 Å². The minimum Gasteiger partial charge on any atom is -0.371 e. The zero-order valence-electron chi connectivity index (χ0n) is 8.76. The normalized spacial score (nSPS) is 10.1. The summed E-state index contributed by atoms with van der Waals surface area (Å²) in [5.41, 5.74) is 0.676. The quantitative estimate of drug-likeness (QED) is 0.703. The number of H-pyrrole nitrogens is 1. The standard InChI is InChI=1S/C10H17N3O/c1-3-4-5-6-11-9-8(2)7-12-10(14)13-9/h7H,3-6H2,1-2H3,(H2,11,12,13,14). The monoisotopic (exact) mass is 195 g/mol. The predicted octanol–water partition coefficient (Wildman–Crippen LogP) is 1.68. The predicted molar refractivity (Wildman–Crippen MR) is 57.6 cm³/mol. The fourth-order valence-corrected chi connectivity index (χ4v) is 1.23. The van der Waals surface area contributed by atoms with E-state index >= 15 is 0 Å². The van der Waals surface area contributed by atoms with E-state index in [-0.39, 0.29) is 5.69 Å². The van der Waals surface area contributed by atoms with E-state index in [1.54, 1.807) is 6.20 Å². The van der Waals surface area contributed by atoms with Gasteiger partial charge in [-0.3, -0.25) is 4.98 Å². The fourth-order valence-electron chi connectivity index (χ4n) is 1.23. The SMILES string of the molecule is CCCCCNc1[nH]c(=O)ncc1C. The Bertz CT molecular complexity index is 332. The van der Waals surface area contributed by atoms with Crippen LogP contribution >= 0.6 is 0 Å². The number of anilines is 1. The van der Waals surface area contributed by atoms with E-state index in [0.717, 1.165) is 24.3 Å². The maximum Gasteiger partial charge on any atom is 0.346 e. The number of aryl methyl sites for hydroxylation is 1. The van der Waals surface area contributed by atoms with Crippen molar-refractivity contribution in [3.8, 4) is 0 Å². The van der Waals surface area contributed by atoms with Crippen molar-refractivity contribution in [2.24, 2.45) is 0 Å². The lowest BCUT2D eigenvalue weighted by molar-refractivity contribution is 0.741. The molecule has 1 aromatic rings. The molecular formula is C10H17N3O. The van der Waals surface area contributed by atoms with E-state index in [1.165, 1.54) is 12.8 Å². The highest BCUT2D eigenvalue weighted by molar-refractivity contribution is 5.40. The number of rotatable bonds is 5. The van der Waals surface area contributed by atoms with Gasteiger partial charge in [-0.05, 0) is 13.3 Å². The molecule has 0 aliphatic heterocycles. The van der Waals surface area contributed by atoms with Gasteiger partial charge < -0.3 is 5.32 Å². The summed E-state index contributed by atoms with van der Waals surface area (Å²) < 4.78 is 0. The molecule has 0 bridgehead atoms. The molecule has 2 N–H and O–H groups in total. The topological polar surface area (TPSA) is 57.8 Å². The van der Waals surface area contributed by atoms with Crippen molar-refractivity contribution in [2.75, 3.05) is 11.9 Å². The summed E-state index contributed by atoms with van der Waals surface area (Å²) in [6.45, 7) is 4.99. The first-order valence-electron chi connectivity index (χ1n) is 5.04. The minimum atomic E-state index is -0.298. The van der Waals surface area contributed by atoms with Crippen LogP contribution < -0.4 is 11.0 Å². The number of nitrogens with zero attached hydrogens (tertiary/aromatic N) is 1. The van der Waals surface area contributed by atoms with Gasteiger partial charge in [0, 0.05) is 18.3 Å².